The third-order valence-electron chi connectivity index (χ3n) is 7.15. The van der Waals surface area contributed by atoms with Crippen molar-refractivity contribution in [2.75, 3.05) is 19.6 Å². The summed E-state index contributed by atoms with van der Waals surface area (Å²) < 4.78 is 0. The molecule has 0 spiro atoms. The van der Waals surface area contributed by atoms with E-state index in [2.05, 4.69) is 98.2 Å². The molecular formula is C34H38N2O. The normalized spacial score (nSPS) is 15.4. The third-order valence-corrected chi connectivity index (χ3v) is 7.15. The van der Waals surface area contributed by atoms with Gasteiger partial charge in [0, 0.05) is 31.1 Å². The number of nitrogens with zero attached hydrogens (tertiary/aromatic N) is 2. The predicted octanol–water partition coefficient (Wildman–Crippen LogP) is 7.52. The highest BCUT2D eigenvalue weighted by Gasteiger charge is 2.31. The zero-order valence-corrected chi connectivity index (χ0v) is 22.1. The monoisotopic (exact) mass is 490 g/mol. The fraction of sp³-hybridized carbons (Fsp3) is 0.265. The number of hydrogen-bond donors (Lipinski definition) is 0. The van der Waals surface area contributed by atoms with Gasteiger partial charge in [-0.15, -0.1) is 0 Å². The highest BCUT2D eigenvalue weighted by molar-refractivity contribution is 5.78. The molecule has 1 aliphatic heterocycles. The average molecular weight is 491 g/mol. The Kier molecular flexibility index (Phi) is 9.15. The molecule has 0 saturated carbocycles. The largest absolute Gasteiger partial charge is 0.361 e. The first-order chi connectivity index (χ1) is 18.1. The molecule has 1 unspecified atom stereocenters. The molecule has 0 aromatic heterocycles. The van der Waals surface area contributed by atoms with Crippen molar-refractivity contribution in [3.63, 3.8) is 0 Å². The van der Waals surface area contributed by atoms with E-state index in [1.807, 2.05) is 41.3 Å². The number of benzene rings is 3. The smallest absolute Gasteiger partial charge is 0.223 e. The molecule has 3 aromatic rings. The van der Waals surface area contributed by atoms with E-state index in [1.54, 1.807) is 0 Å². The second-order valence-electron chi connectivity index (χ2n) is 9.57. The van der Waals surface area contributed by atoms with E-state index in [0.717, 1.165) is 18.7 Å². The van der Waals surface area contributed by atoms with Crippen LogP contribution in [-0.4, -0.2) is 35.3 Å². The van der Waals surface area contributed by atoms with E-state index >= 15 is 0 Å². The maximum atomic E-state index is 13.6. The molecule has 190 valence electrons. The summed E-state index contributed by atoms with van der Waals surface area (Å²) in [6, 6.07) is 31.4. The van der Waals surface area contributed by atoms with Crippen LogP contribution in [0.25, 0.3) is 0 Å². The van der Waals surface area contributed by atoms with Crippen LogP contribution < -0.4 is 0 Å². The molecule has 0 aliphatic carbocycles. The van der Waals surface area contributed by atoms with Gasteiger partial charge in [0.15, 0.2) is 0 Å². The van der Waals surface area contributed by atoms with E-state index in [0.29, 0.717) is 19.5 Å². The molecule has 1 fully saturated rings. The van der Waals surface area contributed by atoms with E-state index in [9.17, 15) is 4.79 Å². The Hall–Kier alpha value is -3.85. The van der Waals surface area contributed by atoms with Crippen LogP contribution in [0.15, 0.2) is 127 Å². The molecule has 3 nitrogen and oxygen atoms in total. The summed E-state index contributed by atoms with van der Waals surface area (Å²) in [7, 11) is 0. The lowest BCUT2D eigenvalue weighted by molar-refractivity contribution is -0.132. The van der Waals surface area contributed by atoms with Crippen LogP contribution in [0.4, 0.5) is 0 Å². The Morgan fingerprint density at radius 1 is 0.865 bits per heavy atom. The lowest BCUT2D eigenvalue weighted by atomic mass is 9.88. The second-order valence-corrected chi connectivity index (χ2v) is 9.57. The molecule has 1 heterocycles. The number of carbonyl (C=O) groups excluding carboxylic acids is 1. The summed E-state index contributed by atoms with van der Waals surface area (Å²) in [5.74, 6) is 0.207. The van der Waals surface area contributed by atoms with Crippen molar-refractivity contribution in [2.24, 2.45) is 0 Å². The van der Waals surface area contributed by atoms with Gasteiger partial charge in [-0.1, -0.05) is 123 Å². The summed E-state index contributed by atoms with van der Waals surface area (Å²) in [6.45, 7) is 10.7. The Morgan fingerprint density at radius 2 is 1.41 bits per heavy atom. The van der Waals surface area contributed by atoms with Gasteiger partial charge in [-0.2, -0.15) is 0 Å². The van der Waals surface area contributed by atoms with Gasteiger partial charge in [0.2, 0.25) is 5.91 Å². The number of hydrogen-bond acceptors (Lipinski definition) is 2. The van der Waals surface area contributed by atoms with Crippen molar-refractivity contribution in [1.29, 1.82) is 0 Å². The van der Waals surface area contributed by atoms with Crippen molar-refractivity contribution < 1.29 is 4.79 Å². The Labute approximate surface area is 222 Å². The fourth-order valence-corrected chi connectivity index (χ4v) is 5.19. The van der Waals surface area contributed by atoms with E-state index < -0.39 is 0 Å². The summed E-state index contributed by atoms with van der Waals surface area (Å²) in [6.07, 6.45) is 8.07. The molecule has 1 aliphatic rings. The topological polar surface area (TPSA) is 23.6 Å². The van der Waals surface area contributed by atoms with Crippen LogP contribution in [0.5, 0.6) is 0 Å². The van der Waals surface area contributed by atoms with Gasteiger partial charge in [0.05, 0.1) is 12.6 Å². The molecule has 1 saturated heterocycles. The zero-order chi connectivity index (χ0) is 26.0. The van der Waals surface area contributed by atoms with Crippen molar-refractivity contribution in [3.8, 4) is 0 Å². The van der Waals surface area contributed by atoms with Gasteiger partial charge >= 0.3 is 0 Å². The number of piperazine rings is 1. The Morgan fingerprint density at radius 3 is 1.89 bits per heavy atom. The van der Waals surface area contributed by atoms with E-state index in [1.165, 1.54) is 22.3 Å². The second kappa shape index (κ2) is 12.9. The average Bonchev–Trinajstić information content (AvgIpc) is 2.95. The van der Waals surface area contributed by atoms with Crippen LogP contribution in [0.3, 0.4) is 0 Å². The quantitative estimate of drug-likeness (QED) is 0.290. The molecule has 0 N–H and O–H groups in total. The van der Waals surface area contributed by atoms with E-state index in [4.69, 9.17) is 0 Å². The number of amides is 1. The highest BCUT2D eigenvalue weighted by Crippen LogP contribution is 2.35. The number of rotatable bonds is 9. The standard InChI is InChI=1S/C34H38N2O/c1-4-6-16-28(5-2)34(31-21-14-9-15-22-31)36-24-23-35(26-27(36)3)33(37)25-32(29-17-10-7-11-18-29)30-19-12-8-13-20-30/h5-22,32,34H,3-4,23-26H2,1-2H3/b16-6-,28-5+. The summed E-state index contributed by atoms with van der Waals surface area (Å²) in [5, 5.41) is 0. The number of carbonyl (C=O) groups is 1. The maximum Gasteiger partial charge on any atom is 0.223 e. The lowest BCUT2D eigenvalue weighted by Crippen LogP contribution is -2.48. The number of allylic oxidation sites excluding steroid dienone is 2. The van der Waals surface area contributed by atoms with Crippen molar-refractivity contribution >= 4 is 5.91 Å². The molecule has 37 heavy (non-hydrogen) atoms. The van der Waals surface area contributed by atoms with E-state index in [-0.39, 0.29) is 17.9 Å². The van der Waals surface area contributed by atoms with Crippen LogP contribution >= 0.6 is 0 Å². The molecule has 4 rings (SSSR count). The van der Waals surface area contributed by atoms with Crippen LogP contribution in [0.1, 0.15) is 55.3 Å². The van der Waals surface area contributed by atoms with Crippen molar-refractivity contribution in [2.45, 2.75) is 38.6 Å². The molecular weight excluding hydrogens is 452 g/mol. The maximum absolute atomic E-state index is 13.6. The Balaban J connectivity index is 1.52. The SMILES string of the molecule is C=C1CN(C(=O)CC(c2ccccc2)c2ccccc2)CCN1C(C(/C=C\CC)=C/C)c1ccccc1. The predicted molar refractivity (Wildman–Crippen MR) is 154 cm³/mol. The lowest BCUT2D eigenvalue weighted by Gasteiger charge is -2.43. The minimum Gasteiger partial charge on any atom is -0.361 e. The third kappa shape index (κ3) is 6.48. The van der Waals surface area contributed by atoms with Crippen LogP contribution in [-0.2, 0) is 4.79 Å². The molecule has 1 atom stereocenters. The minimum absolute atomic E-state index is 0.0343. The van der Waals surface area contributed by atoms with Crippen molar-refractivity contribution in [1.82, 2.24) is 9.80 Å². The molecule has 3 aromatic carbocycles. The first kappa shape index (κ1) is 26.2. The summed E-state index contributed by atoms with van der Waals surface area (Å²) in [5.41, 5.74) is 5.81. The Bertz CT molecular complexity index is 1170. The molecule has 1 amide bonds. The molecule has 0 bridgehead atoms. The van der Waals surface area contributed by atoms with Gasteiger partial charge in [-0.25, -0.2) is 0 Å². The first-order valence-corrected chi connectivity index (χ1v) is 13.3. The molecule has 3 heteroatoms. The first-order valence-electron chi connectivity index (χ1n) is 13.3. The van der Waals surface area contributed by atoms with Crippen molar-refractivity contribution in [3.05, 3.63) is 144 Å². The summed E-state index contributed by atoms with van der Waals surface area (Å²) in [4.78, 5) is 18.0. The zero-order valence-electron chi connectivity index (χ0n) is 22.1. The minimum atomic E-state index is 0.0343. The van der Waals surface area contributed by atoms with Crippen LogP contribution in [0.2, 0.25) is 0 Å². The van der Waals surface area contributed by atoms with Crippen LogP contribution in [0, 0.1) is 0 Å². The van der Waals surface area contributed by atoms with Gasteiger partial charge in [-0.3, -0.25) is 4.79 Å². The van der Waals surface area contributed by atoms with Gasteiger partial charge in [0.25, 0.3) is 0 Å². The van der Waals surface area contributed by atoms with Gasteiger partial charge in [0.1, 0.15) is 0 Å². The molecule has 0 radical (unpaired) electrons. The summed E-state index contributed by atoms with van der Waals surface area (Å²) >= 11 is 0. The van der Waals surface area contributed by atoms with Gasteiger partial charge in [-0.05, 0) is 35.6 Å². The fourth-order valence-electron chi connectivity index (χ4n) is 5.19. The highest BCUT2D eigenvalue weighted by atomic mass is 16.2. The van der Waals surface area contributed by atoms with Gasteiger partial charge < -0.3 is 9.80 Å².